The Balaban J connectivity index is 2.47. The van der Waals surface area contributed by atoms with Crippen LogP contribution in [0.5, 0.6) is 0 Å². The van der Waals surface area contributed by atoms with E-state index in [1.54, 1.807) is 6.20 Å². The van der Waals surface area contributed by atoms with Crippen LogP contribution in [0.3, 0.4) is 0 Å². The fraction of sp³-hybridized carbons (Fsp3) is 0.400. The van der Waals surface area contributed by atoms with Gasteiger partial charge in [-0.1, -0.05) is 20.3 Å². The Kier molecular flexibility index (Phi) is 4.86. The Morgan fingerprint density at radius 3 is 2.68 bits per heavy atom. The SMILES string of the molecule is CCCc1nc(-c2ccncc2CC)ncc1CCl. The van der Waals surface area contributed by atoms with Crippen molar-refractivity contribution in [3.8, 4) is 11.4 Å². The average molecular weight is 276 g/mol. The number of rotatable bonds is 5. The van der Waals surface area contributed by atoms with Gasteiger partial charge in [-0.05, 0) is 24.5 Å². The third-order valence-electron chi connectivity index (χ3n) is 3.11. The van der Waals surface area contributed by atoms with Crippen LogP contribution < -0.4 is 0 Å². The third kappa shape index (κ3) is 3.10. The van der Waals surface area contributed by atoms with E-state index in [4.69, 9.17) is 11.6 Å². The molecule has 0 N–H and O–H groups in total. The molecule has 4 heteroatoms. The highest BCUT2D eigenvalue weighted by atomic mass is 35.5. The van der Waals surface area contributed by atoms with Crippen molar-refractivity contribution >= 4 is 11.6 Å². The molecule has 0 aliphatic carbocycles. The lowest BCUT2D eigenvalue weighted by molar-refractivity contribution is 0.858. The standard InChI is InChI=1S/C15H18ClN3/c1-3-5-14-12(8-16)10-18-15(19-14)13-6-7-17-9-11(13)4-2/h6-7,9-10H,3-5,8H2,1-2H3. The number of halogens is 1. The molecule has 0 radical (unpaired) electrons. The van der Waals surface area contributed by atoms with E-state index in [1.807, 2.05) is 18.5 Å². The topological polar surface area (TPSA) is 38.7 Å². The quantitative estimate of drug-likeness (QED) is 0.779. The molecule has 0 aliphatic heterocycles. The molecule has 0 unspecified atom stereocenters. The van der Waals surface area contributed by atoms with Gasteiger partial charge in [0.05, 0.1) is 5.88 Å². The highest BCUT2D eigenvalue weighted by Gasteiger charge is 2.10. The minimum atomic E-state index is 0.465. The summed E-state index contributed by atoms with van der Waals surface area (Å²) < 4.78 is 0. The molecular formula is C15H18ClN3. The number of aryl methyl sites for hydroxylation is 2. The third-order valence-corrected chi connectivity index (χ3v) is 3.40. The Bertz CT molecular complexity index is 555. The van der Waals surface area contributed by atoms with Crippen LogP contribution in [0.25, 0.3) is 11.4 Å². The molecule has 0 saturated heterocycles. The summed E-state index contributed by atoms with van der Waals surface area (Å²) in [4.78, 5) is 13.3. The fourth-order valence-electron chi connectivity index (χ4n) is 2.06. The van der Waals surface area contributed by atoms with Crippen LogP contribution >= 0.6 is 11.6 Å². The van der Waals surface area contributed by atoms with Gasteiger partial charge in [0.1, 0.15) is 0 Å². The van der Waals surface area contributed by atoms with Crippen molar-refractivity contribution in [1.29, 1.82) is 0 Å². The normalized spacial score (nSPS) is 10.7. The Morgan fingerprint density at radius 1 is 1.16 bits per heavy atom. The summed E-state index contributed by atoms with van der Waals surface area (Å²) in [6.07, 6.45) is 8.43. The Labute approximate surface area is 119 Å². The summed E-state index contributed by atoms with van der Waals surface area (Å²) in [7, 11) is 0. The zero-order chi connectivity index (χ0) is 13.7. The molecule has 0 amide bonds. The van der Waals surface area contributed by atoms with E-state index in [-0.39, 0.29) is 0 Å². The summed E-state index contributed by atoms with van der Waals surface area (Å²) in [5, 5.41) is 0. The van der Waals surface area contributed by atoms with E-state index in [2.05, 4.69) is 28.8 Å². The van der Waals surface area contributed by atoms with E-state index < -0.39 is 0 Å². The molecule has 0 bridgehead atoms. The summed E-state index contributed by atoms with van der Waals surface area (Å²) in [5.41, 5.74) is 4.32. The van der Waals surface area contributed by atoms with Crippen LogP contribution in [-0.4, -0.2) is 15.0 Å². The molecule has 19 heavy (non-hydrogen) atoms. The highest BCUT2D eigenvalue weighted by molar-refractivity contribution is 6.17. The lowest BCUT2D eigenvalue weighted by Crippen LogP contribution is -2.02. The van der Waals surface area contributed by atoms with Gasteiger partial charge in [-0.3, -0.25) is 4.98 Å². The van der Waals surface area contributed by atoms with Crippen molar-refractivity contribution in [2.75, 3.05) is 0 Å². The molecule has 0 spiro atoms. The molecule has 3 nitrogen and oxygen atoms in total. The molecule has 0 atom stereocenters. The van der Waals surface area contributed by atoms with Gasteiger partial charge < -0.3 is 0 Å². The minimum absolute atomic E-state index is 0.465. The van der Waals surface area contributed by atoms with Crippen LogP contribution in [-0.2, 0) is 18.7 Å². The number of hydrogen-bond acceptors (Lipinski definition) is 3. The minimum Gasteiger partial charge on any atom is -0.264 e. The van der Waals surface area contributed by atoms with Gasteiger partial charge in [-0.2, -0.15) is 0 Å². The van der Waals surface area contributed by atoms with E-state index in [0.29, 0.717) is 5.88 Å². The summed E-state index contributed by atoms with van der Waals surface area (Å²) in [5.74, 6) is 1.24. The van der Waals surface area contributed by atoms with Crippen LogP contribution in [0, 0.1) is 0 Å². The molecule has 0 aromatic carbocycles. The van der Waals surface area contributed by atoms with Gasteiger partial charge in [0.15, 0.2) is 5.82 Å². The number of hydrogen-bond donors (Lipinski definition) is 0. The zero-order valence-corrected chi connectivity index (χ0v) is 12.1. The van der Waals surface area contributed by atoms with E-state index >= 15 is 0 Å². The average Bonchev–Trinajstić information content (AvgIpc) is 2.47. The van der Waals surface area contributed by atoms with Crippen molar-refractivity contribution < 1.29 is 0 Å². The molecule has 2 aromatic heterocycles. The summed E-state index contributed by atoms with van der Waals surface area (Å²) >= 11 is 5.93. The second-order valence-corrected chi connectivity index (χ2v) is 4.70. The first kappa shape index (κ1) is 13.9. The predicted octanol–water partition coefficient (Wildman–Crippen LogP) is 3.79. The second-order valence-electron chi connectivity index (χ2n) is 4.44. The van der Waals surface area contributed by atoms with Gasteiger partial charge in [0, 0.05) is 35.4 Å². The molecule has 0 saturated carbocycles. The van der Waals surface area contributed by atoms with Crippen LogP contribution in [0.1, 0.15) is 37.1 Å². The lowest BCUT2D eigenvalue weighted by Gasteiger charge is -2.09. The van der Waals surface area contributed by atoms with Gasteiger partial charge >= 0.3 is 0 Å². The first-order chi connectivity index (χ1) is 9.30. The maximum absolute atomic E-state index is 5.93. The van der Waals surface area contributed by atoms with Crippen molar-refractivity contribution in [2.45, 2.75) is 39.0 Å². The summed E-state index contributed by atoms with van der Waals surface area (Å²) in [6, 6.07) is 1.98. The molecule has 2 rings (SSSR count). The lowest BCUT2D eigenvalue weighted by atomic mass is 10.1. The molecule has 0 fully saturated rings. The largest absolute Gasteiger partial charge is 0.264 e. The first-order valence-electron chi connectivity index (χ1n) is 6.64. The number of pyridine rings is 1. The van der Waals surface area contributed by atoms with Crippen molar-refractivity contribution in [3.05, 3.63) is 41.5 Å². The van der Waals surface area contributed by atoms with Crippen molar-refractivity contribution in [1.82, 2.24) is 15.0 Å². The summed E-state index contributed by atoms with van der Waals surface area (Å²) in [6.45, 7) is 4.25. The van der Waals surface area contributed by atoms with Gasteiger partial charge in [0.2, 0.25) is 0 Å². The van der Waals surface area contributed by atoms with Gasteiger partial charge in [0.25, 0.3) is 0 Å². The fourth-order valence-corrected chi connectivity index (χ4v) is 2.29. The van der Waals surface area contributed by atoms with E-state index in [0.717, 1.165) is 41.9 Å². The molecule has 100 valence electrons. The van der Waals surface area contributed by atoms with Crippen LogP contribution in [0.4, 0.5) is 0 Å². The first-order valence-corrected chi connectivity index (χ1v) is 7.17. The predicted molar refractivity (Wildman–Crippen MR) is 78.2 cm³/mol. The van der Waals surface area contributed by atoms with Crippen LogP contribution in [0.15, 0.2) is 24.7 Å². The second kappa shape index (κ2) is 6.62. The zero-order valence-electron chi connectivity index (χ0n) is 11.4. The Morgan fingerprint density at radius 2 is 2.00 bits per heavy atom. The number of aromatic nitrogens is 3. The van der Waals surface area contributed by atoms with Crippen molar-refractivity contribution in [3.63, 3.8) is 0 Å². The van der Waals surface area contributed by atoms with E-state index in [1.165, 1.54) is 5.56 Å². The molecule has 2 heterocycles. The Hall–Kier alpha value is -1.48. The molecular weight excluding hydrogens is 258 g/mol. The van der Waals surface area contributed by atoms with Gasteiger partial charge in [-0.15, -0.1) is 11.6 Å². The number of alkyl halides is 1. The van der Waals surface area contributed by atoms with E-state index in [9.17, 15) is 0 Å². The molecule has 0 aliphatic rings. The smallest absolute Gasteiger partial charge is 0.159 e. The monoisotopic (exact) mass is 275 g/mol. The van der Waals surface area contributed by atoms with Crippen molar-refractivity contribution in [2.24, 2.45) is 0 Å². The molecule has 2 aromatic rings. The highest BCUT2D eigenvalue weighted by Crippen LogP contribution is 2.21. The van der Waals surface area contributed by atoms with Crippen LogP contribution in [0.2, 0.25) is 0 Å². The number of nitrogens with zero attached hydrogens (tertiary/aromatic N) is 3. The maximum Gasteiger partial charge on any atom is 0.159 e. The van der Waals surface area contributed by atoms with Gasteiger partial charge in [-0.25, -0.2) is 9.97 Å². The maximum atomic E-state index is 5.93.